The lowest BCUT2D eigenvalue weighted by Crippen LogP contribution is -2.23. The van der Waals surface area contributed by atoms with Gasteiger partial charge in [0.15, 0.2) is 0 Å². The van der Waals surface area contributed by atoms with Crippen molar-refractivity contribution in [3.63, 3.8) is 0 Å². The van der Waals surface area contributed by atoms with E-state index in [1.54, 1.807) is 18.2 Å². The highest BCUT2D eigenvalue weighted by molar-refractivity contribution is 5.93. The van der Waals surface area contributed by atoms with Crippen molar-refractivity contribution >= 4 is 11.9 Å². The molecule has 22 heavy (non-hydrogen) atoms. The third kappa shape index (κ3) is 4.51. The Hall–Kier alpha value is -2.50. The monoisotopic (exact) mass is 302 g/mol. The van der Waals surface area contributed by atoms with Crippen LogP contribution in [0.25, 0.3) is 0 Å². The van der Waals surface area contributed by atoms with Gasteiger partial charge in [-0.15, -0.1) is 0 Å². The maximum atomic E-state index is 13.5. The van der Waals surface area contributed by atoms with Gasteiger partial charge in [0.1, 0.15) is 5.82 Å². The Morgan fingerprint density at radius 3 is 2.55 bits per heavy atom. The molecule has 0 atom stereocenters. The number of amides is 1. The van der Waals surface area contributed by atoms with Crippen molar-refractivity contribution in [1.29, 1.82) is 0 Å². The molecule has 0 aliphatic rings. The Labute approximate surface area is 129 Å². The highest BCUT2D eigenvalue weighted by Crippen LogP contribution is 2.07. The van der Waals surface area contributed by atoms with Crippen molar-refractivity contribution < 1.29 is 9.18 Å². The van der Waals surface area contributed by atoms with Gasteiger partial charge in [0, 0.05) is 31.0 Å². The third-order valence-electron chi connectivity index (χ3n) is 2.98. The molecule has 1 aromatic carbocycles. The number of halogens is 1. The number of anilines is 1. The van der Waals surface area contributed by atoms with Gasteiger partial charge < -0.3 is 10.6 Å². The van der Waals surface area contributed by atoms with E-state index in [1.165, 1.54) is 18.5 Å². The maximum Gasteiger partial charge on any atom is 0.254 e. The van der Waals surface area contributed by atoms with Crippen molar-refractivity contribution in [3.8, 4) is 0 Å². The van der Waals surface area contributed by atoms with E-state index in [9.17, 15) is 9.18 Å². The first-order valence-corrected chi connectivity index (χ1v) is 7.14. The SMILES string of the molecule is CC(C)CNc1ncc(C(=O)NCc2ccccc2F)cn1. The van der Waals surface area contributed by atoms with Crippen LogP contribution in [0.2, 0.25) is 0 Å². The molecule has 0 saturated heterocycles. The average molecular weight is 302 g/mol. The fraction of sp³-hybridized carbons (Fsp3) is 0.312. The van der Waals surface area contributed by atoms with Crippen LogP contribution in [0.1, 0.15) is 29.8 Å². The number of carbonyl (C=O) groups is 1. The molecule has 2 aromatic rings. The molecule has 0 fully saturated rings. The molecule has 1 aromatic heterocycles. The van der Waals surface area contributed by atoms with Crippen LogP contribution in [-0.2, 0) is 6.54 Å². The van der Waals surface area contributed by atoms with Gasteiger partial charge in [0.25, 0.3) is 5.91 Å². The molecule has 2 rings (SSSR count). The van der Waals surface area contributed by atoms with Crippen LogP contribution in [0.3, 0.4) is 0 Å². The summed E-state index contributed by atoms with van der Waals surface area (Å²) in [6, 6.07) is 6.32. The minimum atomic E-state index is -0.340. The molecule has 2 N–H and O–H groups in total. The van der Waals surface area contributed by atoms with E-state index in [4.69, 9.17) is 0 Å². The van der Waals surface area contributed by atoms with Crippen LogP contribution in [0.5, 0.6) is 0 Å². The van der Waals surface area contributed by atoms with E-state index < -0.39 is 0 Å². The summed E-state index contributed by atoms with van der Waals surface area (Å²) < 4.78 is 13.5. The summed E-state index contributed by atoms with van der Waals surface area (Å²) >= 11 is 0. The van der Waals surface area contributed by atoms with Crippen LogP contribution in [0.15, 0.2) is 36.7 Å². The Kier molecular flexibility index (Phi) is 5.41. The van der Waals surface area contributed by atoms with Gasteiger partial charge in [-0.3, -0.25) is 4.79 Å². The molecule has 6 heteroatoms. The number of hydrogen-bond acceptors (Lipinski definition) is 4. The second-order valence-electron chi connectivity index (χ2n) is 5.34. The van der Waals surface area contributed by atoms with Crippen molar-refractivity contribution in [2.45, 2.75) is 20.4 Å². The fourth-order valence-corrected chi connectivity index (χ4v) is 1.75. The highest BCUT2D eigenvalue weighted by atomic mass is 19.1. The van der Waals surface area contributed by atoms with Crippen LogP contribution >= 0.6 is 0 Å². The average Bonchev–Trinajstić information content (AvgIpc) is 2.52. The first-order valence-electron chi connectivity index (χ1n) is 7.14. The van der Waals surface area contributed by atoms with Gasteiger partial charge in [-0.2, -0.15) is 0 Å². The summed E-state index contributed by atoms with van der Waals surface area (Å²) in [5, 5.41) is 5.72. The zero-order chi connectivity index (χ0) is 15.9. The van der Waals surface area contributed by atoms with Crippen LogP contribution < -0.4 is 10.6 Å². The van der Waals surface area contributed by atoms with Gasteiger partial charge in [0.2, 0.25) is 5.95 Å². The van der Waals surface area contributed by atoms with Crippen molar-refractivity contribution in [1.82, 2.24) is 15.3 Å². The van der Waals surface area contributed by atoms with E-state index >= 15 is 0 Å². The van der Waals surface area contributed by atoms with Gasteiger partial charge >= 0.3 is 0 Å². The molecule has 0 bridgehead atoms. The minimum absolute atomic E-state index is 0.124. The van der Waals surface area contributed by atoms with Crippen molar-refractivity contribution in [2.75, 3.05) is 11.9 Å². The lowest BCUT2D eigenvalue weighted by Gasteiger charge is -2.08. The largest absolute Gasteiger partial charge is 0.354 e. The molecular weight excluding hydrogens is 283 g/mol. The summed E-state index contributed by atoms with van der Waals surface area (Å²) in [5.41, 5.74) is 0.776. The van der Waals surface area contributed by atoms with Gasteiger partial charge in [-0.1, -0.05) is 32.0 Å². The molecular formula is C16H19FN4O. The first kappa shape index (κ1) is 15.9. The van der Waals surface area contributed by atoms with Gasteiger partial charge in [-0.05, 0) is 12.0 Å². The topological polar surface area (TPSA) is 66.9 Å². The molecule has 0 saturated carbocycles. The standard InChI is InChI=1S/C16H19FN4O/c1-11(2)7-19-16-20-9-13(10-21-16)15(22)18-8-12-5-3-4-6-14(12)17/h3-6,9-11H,7-8H2,1-2H3,(H,18,22)(H,19,20,21). The van der Waals surface area contributed by atoms with E-state index in [2.05, 4.69) is 34.4 Å². The normalized spacial score (nSPS) is 10.5. The lowest BCUT2D eigenvalue weighted by molar-refractivity contribution is 0.0950. The number of hydrogen-bond donors (Lipinski definition) is 2. The smallest absolute Gasteiger partial charge is 0.254 e. The van der Waals surface area contributed by atoms with Gasteiger partial charge in [-0.25, -0.2) is 14.4 Å². The Morgan fingerprint density at radius 2 is 1.91 bits per heavy atom. The lowest BCUT2D eigenvalue weighted by atomic mass is 10.2. The number of nitrogens with one attached hydrogen (secondary N) is 2. The van der Waals surface area contributed by atoms with Crippen molar-refractivity contribution in [3.05, 3.63) is 53.6 Å². The summed E-state index contributed by atoms with van der Waals surface area (Å²) in [6.45, 7) is 5.05. The number of benzene rings is 1. The van der Waals surface area contributed by atoms with Crippen molar-refractivity contribution in [2.24, 2.45) is 5.92 Å². The van der Waals surface area contributed by atoms with Crippen LogP contribution in [0.4, 0.5) is 10.3 Å². The molecule has 1 heterocycles. The molecule has 0 radical (unpaired) electrons. The Bertz CT molecular complexity index is 628. The van der Waals surface area contributed by atoms with E-state index in [0.717, 1.165) is 6.54 Å². The van der Waals surface area contributed by atoms with E-state index in [-0.39, 0.29) is 18.3 Å². The number of nitrogens with zero attached hydrogens (tertiary/aromatic N) is 2. The molecule has 0 unspecified atom stereocenters. The zero-order valence-corrected chi connectivity index (χ0v) is 12.6. The summed E-state index contributed by atoms with van der Waals surface area (Å²) in [4.78, 5) is 20.1. The highest BCUT2D eigenvalue weighted by Gasteiger charge is 2.08. The summed E-state index contributed by atoms with van der Waals surface area (Å²) in [6.07, 6.45) is 2.90. The maximum absolute atomic E-state index is 13.5. The molecule has 0 spiro atoms. The summed E-state index contributed by atoms with van der Waals surface area (Å²) in [5.74, 6) is 0.289. The number of aromatic nitrogens is 2. The Morgan fingerprint density at radius 1 is 1.23 bits per heavy atom. The minimum Gasteiger partial charge on any atom is -0.354 e. The molecule has 116 valence electrons. The second kappa shape index (κ2) is 7.49. The molecule has 1 amide bonds. The quantitative estimate of drug-likeness (QED) is 0.861. The van der Waals surface area contributed by atoms with Crippen LogP contribution in [0, 0.1) is 11.7 Å². The predicted molar refractivity (Wildman–Crippen MR) is 82.9 cm³/mol. The van der Waals surface area contributed by atoms with Crippen LogP contribution in [-0.4, -0.2) is 22.4 Å². The zero-order valence-electron chi connectivity index (χ0n) is 12.6. The van der Waals surface area contributed by atoms with E-state index in [0.29, 0.717) is 23.0 Å². The fourth-order valence-electron chi connectivity index (χ4n) is 1.75. The second-order valence-corrected chi connectivity index (χ2v) is 5.34. The third-order valence-corrected chi connectivity index (χ3v) is 2.98. The number of carbonyl (C=O) groups excluding carboxylic acids is 1. The molecule has 5 nitrogen and oxygen atoms in total. The number of rotatable bonds is 6. The molecule has 0 aliphatic carbocycles. The predicted octanol–water partition coefficient (Wildman–Crippen LogP) is 2.61. The van der Waals surface area contributed by atoms with E-state index in [1.807, 2.05) is 0 Å². The first-order chi connectivity index (χ1) is 10.6. The summed E-state index contributed by atoms with van der Waals surface area (Å²) in [7, 11) is 0. The molecule has 0 aliphatic heterocycles. The Balaban J connectivity index is 1.91. The van der Waals surface area contributed by atoms with Gasteiger partial charge in [0.05, 0.1) is 5.56 Å².